The molecule has 0 heterocycles. The first-order valence-corrected chi connectivity index (χ1v) is 8.02. The number of benzene rings is 1. The van der Waals surface area contributed by atoms with Crippen molar-refractivity contribution in [3.8, 4) is 11.5 Å². The first kappa shape index (κ1) is 17.3. The molecule has 1 aromatic carbocycles. The molecule has 9 heteroatoms. The third kappa shape index (κ3) is 4.25. The van der Waals surface area contributed by atoms with Crippen LogP contribution in [0.2, 0.25) is 0 Å². The maximum atomic E-state index is 12.4. The molecule has 0 saturated heterocycles. The largest absolute Gasteiger partial charge is 0.534 e. The Hall–Kier alpha value is -2.03. The summed E-state index contributed by atoms with van der Waals surface area (Å²) in [7, 11) is -5.80. The Morgan fingerprint density at radius 1 is 1.13 bits per heavy atom. The van der Waals surface area contributed by atoms with E-state index in [2.05, 4.69) is 4.18 Å². The number of rotatable bonds is 6. The fourth-order valence-electron chi connectivity index (χ4n) is 1.95. The molecule has 0 radical (unpaired) electrons. The predicted octanol–water partition coefficient (Wildman–Crippen LogP) is 2.83. The average Bonchev–Trinajstić information content (AvgIpc) is 2.98. The average molecular weight is 350 g/mol. The number of halogens is 3. The van der Waals surface area contributed by atoms with Gasteiger partial charge in [-0.05, 0) is 25.0 Å². The second-order valence-electron chi connectivity index (χ2n) is 4.82. The van der Waals surface area contributed by atoms with Gasteiger partial charge in [0.05, 0.1) is 0 Å². The zero-order valence-electron chi connectivity index (χ0n) is 11.7. The molecule has 0 saturated carbocycles. The zero-order chi connectivity index (χ0) is 17.1. The predicted molar refractivity (Wildman–Crippen MR) is 74.4 cm³/mol. The van der Waals surface area contributed by atoms with Crippen LogP contribution in [0.1, 0.15) is 12.8 Å². The van der Waals surface area contributed by atoms with Gasteiger partial charge >= 0.3 is 15.6 Å². The van der Waals surface area contributed by atoms with Crippen LogP contribution in [-0.4, -0.2) is 26.3 Å². The molecule has 23 heavy (non-hydrogen) atoms. The highest BCUT2D eigenvalue weighted by Gasteiger charge is 2.48. The van der Waals surface area contributed by atoms with Crippen LogP contribution < -0.4 is 8.92 Å². The SMILES string of the molecule is O=C(COc1ccccc1OS(=O)(=O)C(F)(F)F)C1CC=CC1. The van der Waals surface area contributed by atoms with Gasteiger partial charge in [-0.15, -0.1) is 0 Å². The first-order valence-electron chi connectivity index (χ1n) is 6.61. The van der Waals surface area contributed by atoms with E-state index >= 15 is 0 Å². The van der Waals surface area contributed by atoms with E-state index in [1.165, 1.54) is 18.2 Å². The summed E-state index contributed by atoms with van der Waals surface area (Å²) in [5.41, 5.74) is -5.55. The number of alkyl halides is 3. The van der Waals surface area contributed by atoms with Crippen molar-refractivity contribution < 1.29 is 35.3 Å². The molecule has 126 valence electrons. The van der Waals surface area contributed by atoms with Gasteiger partial charge in [-0.25, -0.2) is 0 Å². The molecule has 0 atom stereocenters. The van der Waals surface area contributed by atoms with Crippen LogP contribution in [0.4, 0.5) is 13.2 Å². The van der Waals surface area contributed by atoms with Gasteiger partial charge in [0.25, 0.3) is 0 Å². The molecule has 1 aliphatic rings. The quantitative estimate of drug-likeness (QED) is 0.448. The lowest BCUT2D eigenvalue weighted by molar-refractivity contribution is -0.124. The topological polar surface area (TPSA) is 69.7 Å². The van der Waals surface area contributed by atoms with E-state index in [1.54, 1.807) is 0 Å². The molecule has 0 spiro atoms. The molecule has 1 aliphatic carbocycles. The van der Waals surface area contributed by atoms with Crippen molar-refractivity contribution in [1.82, 2.24) is 0 Å². The van der Waals surface area contributed by atoms with Crippen molar-refractivity contribution in [3.05, 3.63) is 36.4 Å². The number of ketones is 1. The van der Waals surface area contributed by atoms with Crippen LogP contribution in [0.15, 0.2) is 36.4 Å². The van der Waals surface area contributed by atoms with Gasteiger partial charge in [-0.1, -0.05) is 24.3 Å². The number of hydrogen-bond donors (Lipinski definition) is 0. The number of allylic oxidation sites excluding steroid dienone is 2. The third-order valence-electron chi connectivity index (χ3n) is 3.17. The fraction of sp³-hybridized carbons (Fsp3) is 0.357. The number of carbonyl (C=O) groups is 1. The normalized spacial score (nSPS) is 15.6. The Kier molecular flexibility index (Phi) is 4.98. The van der Waals surface area contributed by atoms with Crippen molar-refractivity contribution in [3.63, 3.8) is 0 Å². The molecular formula is C14H13F3O5S. The maximum absolute atomic E-state index is 12.4. The Bertz CT molecular complexity index is 701. The summed E-state index contributed by atoms with van der Waals surface area (Å²) >= 11 is 0. The highest BCUT2D eigenvalue weighted by Crippen LogP contribution is 2.33. The van der Waals surface area contributed by atoms with Crippen molar-refractivity contribution in [1.29, 1.82) is 0 Å². The first-order chi connectivity index (χ1) is 10.7. The van der Waals surface area contributed by atoms with E-state index in [0.717, 1.165) is 6.07 Å². The second kappa shape index (κ2) is 6.61. The molecule has 1 aromatic rings. The number of para-hydroxylation sites is 2. The number of ether oxygens (including phenoxy) is 1. The van der Waals surface area contributed by atoms with Gasteiger partial charge in [0.2, 0.25) is 0 Å². The molecule has 0 aromatic heterocycles. The van der Waals surface area contributed by atoms with Gasteiger partial charge in [0, 0.05) is 5.92 Å². The lowest BCUT2D eigenvalue weighted by Crippen LogP contribution is -2.28. The van der Waals surface area contributed by atoms with E-state index in [4.69, 9.17) is 4.74 Å². The van der Waals surface area contributed by atoms with Crippen LogP contribution in [0, 0.1) is 5.92 Å². The summed E-state index contributed by atoms with van der Waals surface area (Å²) in [6.45, 7) is -0.376. The van der Waals surface area contributed by atoms with Gasteiger partial charge < -0.3 is 8.92 Å². The van der Waals surface area contributed by atoms with E-state index < -0.39 is 21.4 Å². The summed E-state index contributed by atoms with van der Waals surface area (Å²) in [4.78, 5) is 11.9. The molecule has 0 N–H and O–H groups in total. The van der Waals surface area contributed by atoms with Gasteiger partial charge in [0.1, 0.15) is 6.61 Å². The highest BCUT2D eigenvalue weighted by molar-refractivity contribution is 7.88. The van der Waals surface area contributed by atoms with Crippen LogP contribution in [0.3, 0.4) is 0 Å². The molecule has 0 fully saturated rings. The van der Waals surface area contributed by atoms with Gasteiger partial charge in [-0.2, -0.15) is 21.6 Å². The summed E-state index contributed by atoms with van der Waals surface area (Å²) in [6, 6.07) is 4.95. The van der Waals surface area contributed by atoms with Crippen LogP contribution >= 0.6 is 0 Å². The minimum absolute atomic E-state index is 0.219. The van der Waals surface area contributed by atoms with Gasteiger partial charge in [0.15, 0.2) is 17.3 Å². The molecule has 5 nitrogen and oxygen atoms in total. The number of hydrogen-bond acceptors (Lipinski definition) is 5. The highest BCUT2D eigenvalue weighted by atomic mass is 32.2. The summed E-state index contributed by atoms with van der Waals surface area (Å²) in [5.74, 6) is -1.31. The number of carbonyl (C=O) groups excluding carboxylic acids is 1. The van der Waals surface area contributed by atoms with E-state index in [1.807, 2.05) is 12.2 Å². The maximum Gasteiger partial charge on any atom is 0.534 e. The van der Waals surface area contributed by atoms with Crippen molar-refractivity contribution in [2.24, 2.45) is 5.92 Å². The standard InChI is InChI=1S/C14H13F3O5S/c15-14(16,17)23(19,20)22-13-8-4-3-7-12(13)21-9-11(18)10-5-1-2-6-10/h1-4,7-8,10H,5-6,9H2. The van der Waals surface area contributed by atoms with Crippen LogP contribution in [0.25, 0.3) is 0 Å². The summed E-state index contributed by atoms with van der Waals surface area (Å²) < 4.78 is 68.3. The third-order valence-corrected chi connectivity index (χ3v) is 4.13. The molecule has 0 amide bonds. The monoisotopic (exact) mass is 350 g/mol. The molecule has 2 rings (SSSR count). The molecule has 0 aliphatic heterocycles. The van der Waals surface area contributed by atoms with Gasteiger partial charge in [-0.3, -0.25) is 4.79 Å². The van der Waals surface area contributed by atoms with Crippen LogP contribution in [-0.2, 0) is 14.9 Å². The number of Topliss-reactive ketones (excluding diaryl/α,β-unsaturated/α-hetero) is 1. The Balaban J connectivity index is 2.07. The lowest BCUT2D eigenvalue weighted by atomic mass is 10.0. The molecule has 0 unspecified atom stereocenters. The van der Waals surface area contributed by atoms with Crippen molar-refractivity contribution in [2.45, 2.75) is 18.3 Å². The smallest absolute Gasteiger partial charge is 0.482 e. The lowest BCUT2D eigenvalue weighted by Gasteiger charge is -2.14. The van der Waals surface area contributed by atoms with E-state index in [-0.39, 0.29) is 24.1 Å². The van der Waals surface area contributed by atoms with Crippen molar-refractivity contribution in [2.75, 3.05) is 6.61 Å². The summed E-state index contributed by atoms with van der Waals surface area (Å²) in [6.07, 6.45) is 4.89. The van der Waals surface area contributed by atoms with E-state index in [9.17, 15) is 26.4 Å². The molecular weight excluding hydrogens is 337 g/mol. The Morgan fingerprint density at radius 2 is 1.70 bits per heavy atom. The second-order valence-corrected chi connectivity index (χ2v) is 6.36. The van der Waals surface area contributed by atoms with Crippen molar-refractivity contribution >= 4 is 15.9 Å². The Labute approximate surface area is 130 Å². The van der Waals surface area contributed by atoms with Crippen LogP contribution in [0.5, 0.6) is 11.5 Å². The minimum atomic E-state index is -5.80. The summed E-state index contributed by atoms with van der Waals surface area (Å²) in [5, 5.41) is 0. The molecule has 0 bridgehead atoms. The fourth-order valence-corrected chi connectivity index (χ4v) is 2.42. The minimum Gasteiger partial charge on any atom is -0.482 e. The Morgan fingerprint density at radius 3 is 2.26 bits per heavy atom. The zero-order valence-corrected chi connectivity index (χ0v) is 12.6. The van der Waals surface area contributed by atoms with E-state index in [0.29, 0.717) is 12.8 Å².